The van der Waals surface area contributed by atoms with Gasteiger partial charge in [0.05, 0.1) is 6.10 Å². The van der Waals surface area contributed by atoms with Crippen LogP contribution in [0.3, 0.4) is 0 Å². The van der Waals surface area contributed by atoms with Crippen molar-refractivity contribution in [3.8, 4) is 11.4 Å². The average molecular weight is 387 g/mol. The lowest BCUT2D eigenvalue weighted by atomic mass is 9.77. The Morgan fingerprint density at radius 3 is 2.81 bits per heavy atom. The van der Waals surface area contributed by atoms with Crippen LogP contribution in [0.5, 0.6) is 0 Å². The normalized spacial score (nSPS) is 18.1. The molecule has 0 amide bonds. The van der Waals surface area contributed by atoms with Gasteiger partial charge in [0, 0.05) is 65.6 Å². The topological polar surface area (TPSA) is 76.7 Å². The van der Waals surface area contributed by atoms with Crippen LogP contribution in [-0.4, -0.2) is 35.8 Å². The highest BCUT2D eigenvalue weighted by Crippen LogP contribution is 2.49. The van der Waals surface area contributed by atoms with E-state index >= 15 is 0 Å². The van der Waals surface area contributed by atoms with E-state index < -0.39 is 17.9 Å². The van der Waals surface area contributed by atoms with Crippen LogP contribution in [0.15, 0.2) is 30.7 Å². The third kappa shape index (κ3) is 2.87. The maximum atomic E-state index is 13.1. The average Bonchev–Trinajstić information content (AvgIpc) is 3.19. The van der Waals surface area contributed by atoms with Gasteiger partial charge in [-0.2, -0.15) is 5.10 Å². The predicted molar refractivity (Wildman–Crippen MR) is 97.5 cm³/mol. The first-order valence-electron chi connectivity index (χ1n) is 8.50. The molecule has 1 N–H and O–H groups in total. The fourth-order valence-corrected chi connectivity index (χ4v) is 4.54. The van der Waals surface area contributed by atoms with Crippen molar-refractivity contribution in [3.05, 3.63) is 35.6 Å². The first-order chi connectivity index (χ1) is 12.9. The molecule has 0 spiro atoms. The van der Waals surface area contributed by atoms with Gasteiger partial charge in [-0.15, -0.1) is 11.3 Å². The molecule has 0 saturated heterocycles. The molecule has 9 heteroatoms. The van der Waals surface area contributed by atoms with Crippen molar-refractivity contribution in [1.29, 1.82) is 0 Å². The molecule has 1 aliphatic rings. The number of pyridine rings is 1. The second-order valence-electron chi connectivity index (χ2n) is 7.01. The Labute approximate surface area is 156 Å². The summed E-state index contributed by atoms with van der Waals surface area (Å²) in [4.78, 5) is 14.7. The molecular formula is C18H15F2N5OS. The fraction of sp³-hybridized carbons (Fsp3) is 0.333. The first-order valence-corrected chi connectivity index (χ1v) is 9.32. The number of thiophene rings is 1. The summed E-state index contributed by atoms with van der Waals surface area (Å²) >= 11 is 1.32. The zero-order valence-corrected chi connectivity index (χ0v) is 15.1. The number of rotatable bonds is 3. The second-order valence-corrected chi connectivity index (χ2v) is 8.07. The summed E-state index contributed by atoms with van der Waals surface area (Å²) in [5, 5.41) is 16.3. The number of hydrogen-bond acceptors (Lipinski definition) is 6. The van der Waals surface area contributed by atoms with E-state index in [1.807, 2.05) is 19.3 Å². The minimum absolute atomic E-state index is 0.268. The lowest BCUT2D eigenvalue weighted by Gasteiger charge is -2.37. The van der Waals surface area contributed by atoms with Crippen LogP contribution in [0.1, 0.15) is 23.8 Å². The SMILES string of the molecule is Cn1cc2cc(-c3ncc4cc(C(O)C5CC(F)(F)C5)sc4n3)cnc2n1. The maximum Gasteiger partial charge on any atom is 0.248 e. The molecular weight excluding hydrogens is 372 g/mol. The minimum Gasteiger partial charge on any atom is -0.387 e. The quantitative estimate of drug-likeness (QED) is 0.580. The molecule has 1 aliphatic carbocycles. The largest absolute Gasteiger partial charge is 0.387 e. The number of nitrogens with zero attached hydrogens (tertiary/aromatic N) is 5. The van der Waals surface area contributed by atoms with E-state index in [9.17, 15) is 13.9 Å². The molecule has 1 fully saturated rings. The van der Waals surface area contributed by atoms with Gasteiger partial charge in [0.25, 0.3) is 0 Å². The molecule has 0 bridgehead atoms. The van der Waals surface area contributed by atoms with E-state index in [2.05, 4.69) is 20.1 Å². The van der Waals surface area contributed by atoms with Gasteiger partial charge >= 0.3 is 0 Å². The molecule has 5 rings (SSSR count). The number of aromatic nitrogens is 5. The van der Waals surface area contributed by atoms with Gasteiger partial charge in [-0.1, -0.05) is 0 Å². The zero-order valence-electron chi connectivity index (χ0n) is 14.3. The second kappa shape index (κ2) is 5.74. The van der Waals surface area contributed by atoms with Crippen molar-refractivity contribution in [2.24, 2.45) is 13.0 Å². The van der Waals surface area contributed by atoms with Gasteiger partial charge < -0.3 is 5.11 Å². The number of alkyl halides is 2. The molecule has 4 aromatic rings. The van der Waals surface area contributed by atoms with Crippen molar-refractivity contribution in [1.82, 2.24) is 24.7 Å². The fourth-order valence-electron chi connectivity index (χ4n) is 3.45. The molecule has 138 valence electrons. The van der Waals surface area contributed by atoms with Gasteiger partial charge in [-0.25, -0.2) is 23.7 Å². The Kier molecular flexibility index (Phi) is 3.54. The van der Waals surface area contributed by atoms with E-state index in [0.29, 0.717) is 21.2 Å². The number of aliphatic hydroxyl groups excluding tert-OH is 1. The molecule has 0 aromatic carbocycles. The van der Waals surface area contributed by atoms with E-state index in [-0.39, 0.29) is 12.8 Å². The van der Waals surface area contributed by atoms with Crippen LogP contribution in [0.4, 0.5) is 8.78 Å². The van der Waals surface area contributed by atoms with Gasteiger partial charge in [-0.3, -0.25) is 4.68 Å². The van der Waals surface area contributed by atoms with Crippen LogP contribution >= 0.6 is 11.3 Å². The Hall–Kier alpha value is -2.52. The van der Waals surface area contributed by atoms with Gasteiger partial charge in [0.2, 0.25) is 5.92 Å². The summed E-state index contributed by atoms with van der Waals surface area (Å²) in [6.45, 7) is 0. The summed E-state index contributed by atoms with van der Waals surface area (Å²) in [7, 11) is 1.83. The van der Waals surface area contributed by atoms with Crippen LogP contribution in [-0.2, 0) is 7.05 Å². The summed E-state index contributed by atoms with van der Waals surface area (Å²) in [6.07, 6.45) is 3.81. The molecule has 4 aromatic heterocycles. The Morgan fingerprint density at radius 2 is 2.04 bits per heavy atom. The third-order valence-corrected chi connectivity index (χ3v) is 6.00. The smallest absolute Gasteiger partial charge is 0.248 e. The molecule has 27 heavy (non-hydrogen) atoms. The highest BCUT2D eigenvalue weighted by molar-refractivity contribution is 7.18. The van der Waals surface area contributed by atoms with Crippen LogP contribution < -0.4 is 0 Å². The van der Waals surface area contributed by atoms with Crippen molar-refractivity contribution < 1.29 is 13.9 Å². The molecule has 0 aliphatic heterocycles. The summed E-state index contributed by atoms with van der Waals surface area (Å²) in [5.74, 6) is -2.52. The Balaban J connectivity index is 1.47. The van der Waals surface area contributed by atoms with Gasteiger partial charge in [0.15, 0.2) is 11.5 Å². The highest BCUT2D eigenvalue weighted by Gasteiger charge is 2.48. The van der Waals surface area contributed by atoms with Crippen molar-refractivity contribution in [3.63, 3.8) is 0 Å². The number of aryl methyl sites for hydroxylation is 1. The summed E-state index contributed by atoms with van der Waals surface area (Å²) in [5.41, 5.74) is 1.42. The van der Waals surface area contributed by atoms with Crippen molar-refractivity contribution in [2.75, 3.05) is 0 Å². The van der Waals surface area contributed by atoms with Crippen molar-refractivity contribution in [2.45, 2.75) is 24.9 Å². The zero-order chi connectivity index (χ0) is 18.8. The first kappa shape index (κ1) is 16.6. The number of hydrogen-bond donors (Lipinski definition) is 1. The van der Waals surface area contributed by atoms with E-state index in [1.165, 1.54) is 11.3 Å². The molecule has 4 heterocycles. The lowest BCUT2D eigenvalue weighted by Crippen LogP contribution is -2.38. The number of aliphatic hydroxyl groups is 1. The molecule has 0 radical (unpaired) electrons. The Morgan fingerprint density at radius 1 is 1.22 bits per heavy atom. The van der Waals surface area contributed by atoms with E-state index in [4.69, 9.17) is 0 Å². The Bertz CT molecular complexity index is 1160. The summed E-state index contributed by atoms with van der Waals surface area (Å²) < 4.78 is 27.9. The van der Waals surface area contributed by atoms with Crippen LogP contribution in [0, 0.1) is 5.92 Å². The highest BCUT2D eigenvalue weighted by atomic mass is 32.1. The molecule has 6 nitrogen and oxygen atoms in total. The lowest BCUT2D eigenvalue weighted by molar-refractivity contribution is -0.141. The van der Waals surface area contributed by atoms with Crippen LogP contribution in [0.2, 0.25) is 0 Å². The maximum absolute atomic E-state index is 13.1. The molecule has 1 unspecified atom stereocenters. The van der Waals surface area contributed by atoms with Crippen molar-refractivity contribution >= 4 is 32.6 Å². The van der Waals surface area contributed by atoms with Gasteiger partial charge in [-0.05, 0) is 12.1 Å². The number of fused-ring (bicyclic) bond motifs is 2. The standard InChI is InChI=1S/C18H15F2N5OS/c1-25-8-11-2-9(6-22-16(11)24-25)15-21-7-10-3-13(27-17(10)23-15)14(26)12-4-18(19,20)5-12/h2-3,6-8,12,14,26H,4-5H2,1H3. The monoisotopic (exact) mass is 387 g/mol. The minimum atomic E-state index is -2.65. The number of halogens is 2. The van der Waals surface area contributed by atoms with E-state index in [0.717, 1.165) is 16.3 Å². The third-order valence-electron chi connectivity index (χ3n) is 4.88. The predicted octanol–water partition coefficient (Wildman–Crippen LogP) is 3.72. The molecule has 1 saturated carbocycles. The van der Waals surface area contributed by atoms with E-state index in [1.54, 1.807) is 23.1 Å². The summed E-state index contributed by atoms with van der Waals surface area (Å²) in [6, 6.07) is 3.71. The van der Waals surface area contributed by atoms with Gasteiger partial charge in [0.1, 0.15) is 4.83 Å². The molecule has 1 atom stereocenters. The van der Waals surface area contributed by atoms with Crippen LogP contribution in [0.25, 0.3) is 32.6 Å².